The summed E-state index contributed by atoms with van der Waals surface area (Å²) >= 11 is 2.95. The summed E-state index contributed by atoms with van der Waals surface area (Å²) in [6.45, 7) is 0. The molecule has 0 saturated carbocycles. The Kier molecular flexibility index (Phi) is 9.29. The number of hydrogen-bond acceptors (Lipinski definition) is 5. The molecule has 40 heavy (non-hydrogen) atoms. The van der Waals surface area contributed by atoms with Crippen molar-refractivity contribution in [3.63, 3.8) is 0 Å². The van der Waals surface area contributed by atoms with E-state index in [9.17, 15) is 9.59 Å². The Morgan fingerprint density at radius 3 is 1.20 bits per heavy atom. The number of aromatic nitrogens is 1. The number of nitrogens with zero attached hydrogens (tertiary/aromatic N) is 1. The lowest BCUT2D eigenvalue weighted by Crippen LogP contribution is -2.21. The fourth-order valence-corrected chi connectivity index (χ4v) is 6.12. The molecule has 5 aromatic rings. The van der Waals surface area contributed by atoms with Gasteiger partial charge in [0.2, 0.25) is 11.8 Å². The number of carbonyl (C=O) groups excluding carboxylic acids is 2. The molecule has 1 aromatic heterocycles. The van der Waals surface area contributed by atoms with Crippen LogP contribution < -0.4 is 10.6 Å². The van der Waals surface area contributed by atoms with Crippen molar-refractivity contribution in [1.82, 2.24) is 4.98 Å². The van der Waals surface area contributed by atoms with Crippen molar-refractivity contribution in [3.05, 3.63) is 151 Å². The Morgan fingerprint density at radius 2 is 0.825 bits per heavy atom. The average molecular weight is 562 g/mol. The van der Waals surface area contributed by atoms with Crippen molar-refractivity contribution in [2.75, 3.05) is 10.6 Å². The second-order valence-corrected chi connectivity index (χ2v) is 11.2. The molecule has 0 aliphatic carbocycles. The zero-order chi connectivity index (χ0) is 27.6. The summed E-state index contributed by atoms with van der Waals surface area (Å²) in [5.41, 5.74) is 1.78. The van der Waals surface area contributed by atoms with Crippen LogP contribution in [0.5, 0.6) is 0 Å². The highest BCUT2D eigenvalue weighted by molar-refractivity contribution is 8.00. The molecule has 0 spiro atoms. The van der Waals surface area contributed by atoms with Gasteiger partial charge in [0.25, 0.3) is 0 Å². The Bertz CT molecular complexity index is 1420. The minimum Gasteiger partial charge on any atom is -0.309 e. The quantitative estimate of drug-likeness (QED) is 0.169. The lowest BCUT2D eigenvalue weighted by Gasteiger charge is -2.18. The Balaban J connectivity index is 1.33. The topological polar surface area (TPSA) is 71.1 Å². The maximum atomic E-state index is 13.5. The number of amides is 2. The van der Waals surface area contributed by atoms with Gasteiger partial charge < -0.3 is 10.6 Å². The fraction of sp³-hybridized carbons (Fsp3) is 0.0606. The van der Waals surface area contributed by atoms with Crippen molar-refractivity contribution >= 4 is 47.0 Å². The van der Waals surface area contributed by atoms with Crippen LogP contribution in [-0.2, 0) is 9.59 Å². The molecule has 0 fully saturated rings. The van der Waals surface area contributed by atoms with Gasteiger partial charge in [-0.25, -0.2) is 4.98 Å². The molecule has 0 radical (unpaired) electrons. The molecular weight excluding hydrogens is 535 g/mol. The van der Waals surface area contributed by atoms with Crippen LogP contribution in [0.4, 0.5) is 11.6 Å². The van der Waals surface area contributed by atoms with Crippen molar-refractivity contribution < 1.29 is 9.59 Å². The molecule has 0 aliphatic rings. The van der Waals surface area contributed by atoms with Crippen molar-refractivity contribution in [2.45, 2.75) is 20.3 Å². The van der Waals surface area contributed by atoms with Gasteiger partial charge in [0.1, 0.15) is 22.1 Å². The van der Waals surface area contributed by atoms with E-state index in [4.69, 9.17) is 0 Å². The zero-order valence-electron chi connectivity index (χ0n) is 21.5. The number of rotatable bonds is 10. The van der Waals surface area contributed by atoms with E-state index in [0.717, 1.165) is 20.9 Å². The predicted molar refractivity (Wildman–Crippen MR) is 164 cm³/mol. The van der Waals surface area contributed by atoms with Gasteiger partial charge in [-0.1, -0.05) is 103 Å². The van der Waals surface area contributed by atoms with E-state index < -0.39 is 10.5 Å². The van der Waals surface area contributed by atoms with E-state index in [1.807, 2.05) is 121 Å². The summed E-state index contributed by atoms with van der Waals surface area (Å²) in [5.74, 6) is 0.337. The van der Waals surface area contributed by atoms with Crippen LogP contribution in [-0.4, -0.2) is 16.8 Å². The molecule has 2 atom stereocenters. The summed E-state index contributed by atoms with van der Waals surface area (Å²) in [4.78, 5) is 33.5. The van der Waals surface area contributed by atoms with E-state index in [1.165, 1.54) is 23.5 Å². The van der Waals surface area contributed by atoms with Gasteiger partial charge in [-0.2, -0.15) is 0 Å². The van der Waals surface area contributed by atoms with Gasteiger partial charge in [0.15, 0.2) is 0 Å². The molecule has 0 unspecified atom stereocenters. The van der Waals surface area contributed by atoms with Gasteiger partial charge in [-0.05, 0) is 47.5 Å². The molecule has 5 rings (SSSR count). The molecule has 2 N–H and O–H groups in total. The number of thioether (sulfide) groups is 2. The minimum atomic E-state index is -0.478. The molecule has 198 valence electrons. The van der Waals surface area contributed by atoms with Crippen LogP contribution in [0.3, 0.4) is 0 Å². The van der Waals surface area contributed by atoms with E-state index in [2.05, 4.69) is 15.6 Å². The van der Waals surface area contributed by atoms with Crippen LogP contribution in [0.25, 0.3) is 0 Å². The average Bonchev–Trinajstić information content (AvgIpc) is 3.00. The van der Waals surface area contributed by atoms with Crippen LogP contribution in [0.2, 0.25) is 0 Å². The molecule has 0 saturated heterocycles. The van der Waals surface area contributed by atoms with Crippen molar-refractivity contribution in [2.24, 2.45) is 0 Å². The second kappa shape index (κ2) is 13.6. The third-order valence-corrected chi connectivity index (χ3v) is 8.46. The SMILES string of the molecule is O=C(Nc1cccc(NC(=O)[C@H](Sc2ccccc2)c2ccccc2)n1)[C@@H](Sc1ccccc1)c1ccccc1. The number of hydrogen-bond donors (Lipinski definition) is 2. The lowest BCUT2D eigenvalue weighted by molar-refractivity contribution is -0.116. The molecule has 5 nitrogen and oxygen atoms in total. The van der Waals surface area contributed by atoms with Crippen LogP contribution in [0, 0.1) is 0 Å². The number of nitrogens with one attached hydrogen (secondary N) is 2. The van der Waals surface area contributed by atoms with E-state index in [0.29, 0.717) is 11.6 Å². The van der Waals surface area contributed by atoms with E-state index >= 15 is 0 Å². The number of anilines is 2. The molecule has 7 heteroatoms. The molecule has 0 aliphatic heterocycles. The monoisotopic (exact) mass is 561 g/mol. The smallest absolute Gasteiger partial charge is 0.243 e. The van der Waals surface area contributed by atoms with Gasteiger partial charge in [-0.3, -0.25) is 9.59 Å². The van der Waals surface area contributed by atoms with Crippen LogP contribution in [0.1, 0.15) is 21.6 Å². The normalized spacial score (nSPS) is 12.2. The first kappa shape index (κ1) is 27.2. The highest BCUT2D eigenvalue weighted by Crippen LogP contribution is 2.37. The summed E-state index contributed by atoms with van der Waals surface area (Å²) in [6, 6.07) is 44.2. The van der Waals surface area contributed by atoms with Gasteiger partial charge in [-0.15, -0.1) is 23.5 Å². The molecule has 1 heterocycles. The van der Waals surface area contributed by atoms with E-state index in [1.54, 1.807) is 18.2 Å². The molecule has 0 bridgehead atoms. The summed E-state index contributed by atoms with van der Waals surface area (Å²) < 4.78 is 0. The first-order chi connectivity index (χ1) is 19.7. The fourth-order valence-electron chi connectivity index (χ4n) is 4.03. The highest BCUT2D eigenvalue weighted by Gasteiger charge is 2.24. The van der Waals surface area contributed by atoms with E-state index in [-0.39, 0.29) is 11.8 Å². The Labute approximate surface area is 242 Å². The number of pyridine rings is 1. The standard InChI is InChI=1S/C33H27N3O2S2/c37-32(30(24-14-5-1-6-15-24)39-26-18-9-3-10-19-26)35-28-22-13-23-29(34-28)36-33(38)31(25-16-7-2-8-17-25)40-27-20-11-4-12-21-27/h1-23,30-31H,(H2,34,35,36,37,38)/t30-,31+. The van der Waals surface area contributed by atoms with Crippen LogP contribution in [0.15, 0.2) is 149 Å². The third kappa shape index (κ3) is 7.40. The van der Waals surface area contributed by atoms with Crippen molar-refractivity contribution in [1.29, 1.82) is 0 Å². The highest BCUT2D eigenvalue weighted by atomic mass is 32.2. The minimum absolute atomic E-state index is 0.196. The third-order valence-electron chi connectivity index (χ3n) is 5.93. The first-order valence-corrected chi connectivity index (χ1v) is 14.5. The molecule has 4 aromatic carbocycles. The maximum absolute atomic E-state index is 13.5. The summed E-state index contributed by atoms with van der Waals surface area (Å²) in [7, 11) is 0. The Morgan fingerprint density at radius 1 is 0.475 bits per heavy atom. The summed E-state index contributed by atoms with van der Waals surface area (Å²) in [5, 5.41) is 4.94. The Hall–Kier alpha value is -4.33. The molecule has 2 amide bonds. The van der Waals surface area contributed by atoms with Gasteiger partial charge in [0.05, 0.1) is 0 Å². The van der Waals surface area contributed by atoms with Crippen molar-refractivity contribution in [3.8, 4) is 0 Å². The lowest BCUT2D eigenvalue weighted by atomic mass is 10.1. The largest absolute Gasteiger partial charge is 0.309 e. The maximum Gasteiger partial charge on any atom is 0.243 e. The van der Waals surface area contributed by atoms with Gasteiger partial charge >= 0.3 is 0 Å². The van der Waals surface area contributed by atoms with Crippen LogP contribution >= 0.6 is 23.5 Å². The van der Waals surface area contributed by atoms with Gasteiger partial charge in [0, 0.05) is 9.79 Å². The predicted octanol–water partition coefficient (Wildman–Crippen LogP) is 8.03. The summed E-state index contributed by atoms with van der Waals surface area (Å²) in [6.07, 6.45) is 0. The zero-order valence-corrected chi connectivity index (χ0v) is 23.1. The number of benzene rings is 4. The molecular formula is C33H27N3O2S2. The number of carbonyl (C=O) groups is 2. The first-order valence-electron chi connectivity index (χ1n) is 12.8. The second-order valence-electron chi connectivity index (χ2n) is 8.83.